The number of thiophene rings is 1. The summed E-state index contributed by atoms with van der Waals surface area (Å²) in [5.74, 6) is 0. The number of rotatable bonds is 2. The fourth-order valence-electron chi connectivity index (χ4n) is 1.57. The largest absolute Gasteiger partial charge is 0.394 e. The minimum atomic E-state index is 0.0407. The molecule has 0 aromatic carbocycles. The topological polar surface area (TPSA) is 29.5 Å². The van der Waals surface area contributed by atoms with Crippen LogP contribution >= 0.6 is 27.3 Å². The van der Waals surface area contributed by atoms with Crippen LogP contribution < -0.4 is 0 Å². The van der Waals surface area contributed by atoms with Crippen molar-refractivity contribution in [2.75, 3.05) is 6.61 Å². The Morgan fingerprint density at radius 2 is 2.46 bits per heavy atom. The standard InChI is InChI=1S/C9H11BrO2S/c10-7-3-4-13-9(7)8-2-1-6(5-11)12-8/h3-4,6,8,11H,1-2,5H2. The normalized spacial score (nSPS) is 28.2. The van der Waals surface area contributed by atoms with Gasteiger partial charge in [-0.2, -0.15) is 0 Å². The smallest absolute Gasteiger partial charge is 0.0934 e. The Morgan fingerprint density at radius 3 is 3.00 bits per heavy atom. The Labute approximate surface area is 89.7 Å². The summed E-state index contributed by atoms with van der Waals surface area (Å²) in [4.78, 5) is 1.25. The second-order valence-corrected chi connectivity index (χ2v) is 4.94. The third kappa shape index (κ3) is 1.96. The van der Waals surface area contributed by atoms with Gasteiger partial charge >= 0.3 is 0 Å². The summed E-state index contributed by atoms with van der Waals surface area (Å²) in [7, 11) is 0. The van der Waals surface area contributed by atoms with Gasteiger partial charge in [-0.25, -0.2) is 0 Å². The molecule has 1 N–H and O–H groups in total. The molecule has 2 heterocycles. The summed E-state index contributed by atoms with van der Waals surface area (Å²) in [5, 5.41) is 11.0. The SMILES string of the molecule is OCC1CCC(c2sccc2Br)O1. The molecule has 1 aliphatic heterocycles. The molecule has 0 spiro atoms. The van der Waals surface area contributed by atoms with Gasteiger partial charge in [-0.05, 0) is 40.2 Å². The lowest BCUT2D eigenvalue weighted by atomic mass is 10.2. The summed E-state index contributed by atoms with van der Waals surface area (Å²) in [6.07, 6.45) is 2.21. The minimum absolute atomic E-state index is 0.0407. The van der Waals surface area contributed by atoms with Gasteiger partial charge in [0, 0.05) is 9.35 Å². The molecule has 0 saturated carbocycles. The first-order chi connectivity index (χ1) is 6.31. The molecule has 13 heavy (non-hydrogen) atoms. The lowest BCUT2D eigenvalue weighted by Crippen LogP contribution is -2.10. The van der Waals surface area contributed by atoms with Crippen LogP contribution in [-0.4, -0.2) is 17.8 Å². The van der Waals surface area contributed by atoms with Gasteiger partial charge in [0.1, 0.15) is 0 Å². The summed E-state index contributed by atoms with van der Waals surface area (Å²) in [5.41, 5.74) is 0. The maximum atomic E-state index is 8.92. The second kappa shape index (κ2) is 4.09. The highest BCUT2D eigenvalue weighted by molar-refractivity contribution is 9.10. The summed E-state index contributed by atoms with van der Waals surface area (Å²) in [6.45, 7) is 0.138. The van der Waals surface area contributed by atoms with Crippen LogP contribution in [0.1, 0.15) is 23.8 Å². The highest BCUT2D eigenvalue weighted by atomic mass is 79.9. The monoisotopic (exact) mass is 262 g/mol. The van der Waals surface area contributed by atoms with Gasteiger partial charge in [0.2, 0.25) is 0 Å². The molecule has 72 valence electrons. The quantitative estimate of drug-likeness (QED) is 0.889. The van der Waals surface area contributed by atoms with Crippen LogP contribution in [-0.2, 0) is 4.74 Å². The fourth-order valence-corrected chi connectivity index (χ4v) is 3.27. The number of hydrogen-bond donors (Lipinski definition) is 1. The summed E-state index contributed by atoms with van der Waals surface area (Å²) >= 11 is 5.19. The van der Waals surface area contributed by atoms with E-state index < -0.39 is 0 Å². The summed E-state index contributed by atoms with van der Waals surface area (Å²) in [6, 6.07) is 2.04. The Balaban J connectivity index is 2.08. The average molecular weight is 263 g/mol. The number of ether oxygens (including phenoxy) is 1. The Bertz CT molecular complexity index is 287. The Kier molecular flexibility index (Phi) is 3.03. The fraction of sp³-hybridized carbons (Fsp3) is 0.556. The molecule has 2 atom stereocenters. The van der Waals surface area contributed by atoms with Crippen molar-refractivity contribution in [2.45, 2.75) is 25.0 Å². The van der Waals surface area contributed by atoms with Gasteiger partial charge in [0.05, 0.1) is 18.8 Å². The molecule has 1 aromatic rings. The molecule has 0 amide bonds. The van der Waals surface area contributed by atoms with Gasteiger partial charge in [-0.1, -0.05) is 0 Å². The van der Waals surface area contributed by atoms with Crippen LogP contribution in [0.25, 0.3) is 0 Å². The maximum absolute atomic E-state index is 8.92. The Morgan fingerprint density at radius 1 is 1.62 bits per heavy atom. The maximum Gasteiger partial charge on any atom is 0.0934 e. The highest BCUT2D eigenvalue weighted by Gasteiger charge is 2.27. The van der Waals surface area contributed by atoms with E-state index in [2.05, 4.69) is 21.3 Å². The first kappa shape index (κ1) is 9.65. The van der Waals surface area contributed by atoms with E-state index >= 15 is 0 Å². The molecule has 2 unspecified atom stereocenters. The van der Waals surface area contributed by atoms with E-state index in [4.69, 9.17) is 9.84 Å². The number of aliphatic hydroxyl groups is 1. The van der Waals surface area contributed by atoms with Crippen molar-refractivity contribution in [1.29, 1.82) is 0 Å². The molecule has 2 nitrogen and oxygen atoms in total. The zero-order valence-electron chi connectivity index (χ0n) is 7.07. The third-order valence-electron chi connectivity index (χ3n) is 2.25. The van der Waals surface area contributed by atoms with Crippen molar-refractivity contribution in [3.8, 4) is 0 Å². The van der Waals surface area contributed by atoms with Gasteiger partial charge in [-0.15, -0.1) is 11.3 Å². The van der Waals surface area contributed by atoms with Crippen LogP contribution in [0.5, 0.6) is 0 Å². The van der Waals surface area contributed by atoms with Gasteiger partial charge in [-0.3, -0.25) is 0 Å². The first-order valence-corrected chi connectivity index (χ1v) is 5.97. The molecular formula is C9H11BrO2S. The van der Waals surface area contributed by atoms with Crippen LogP contribution in [0.2, 0.25) is 0 Å². The van der Waals surface area contributed by atoms with Crippen molar-refractivity contribution in [1.82, 2.24) is 0 Å². The lowest BCUT2D eigenvalue weighted by molar-refractivity contribution is 0.0122. The first-order valence-electron chi connectivity index (χ1n) is 4.30. The molecule has 4 heteroatoms. The zero-order chi connectivity index (χ0) is 9.26. The zero-order valence-corrected chi connectivity index (χ0v) is 9.47. The van der Waals surface area contributed by atoms with E-state index in [0.717, 1.165) is 17.3 Å². The molecule has 0 aliphatic carbocycles. The predicted molar refractivity (Wildman–Crippen MR) is 56.0 cm³/mol. The third-order valence-corrected chi connectivity index (χ3v) is 4.21. The van der Waals surface area contributed by atoms with Crippen molar-refractivity contribution in [2.24, 2.45) is 0 Å². The lowest BCUT2D eigenvalue weighted by Gasteiger charge is -2.10. The highest BCUT2D eigenvalue weighted by Crippen LogP contribution is 2.39. The Hall–Kier alpha value is 0.1000. The van der Waals surface area contributed by atoms with Crippen molar-refractivity contribution < 1.29 is 9.84 Å². The van der Waals surface area contributed by atoms with Gasteiger partial charge in [0.15, 0.2) is 0 Å². The average Bonchev–Trinajstić information content (AvgIpc) is 2.71. The van der Waals surface area contributed by atoms with Gasteiger partial charge < -0.3 is 9.84 Å². The molecule has 1 aromatic heterocycles. The number of aliphatic hydroxyl groups excluding tert-OH is 1. The van der Waals surface area contributed by atoms with E-state index in [9.17, 15) is 0 Å². The van der Waals surface area contributed by atoms with Crippen LogP contribution in [0, 0.1) is 0 Å². The number of hydrogen-bond acceptors (Lipinski definition) is 3. The van der Waals surface area contributed by atoms with E-state index in [0.29, 0.717) is 0 Å². The van der Waals surface area contributed by atoms with E-state index in [1.54, 1.807) is 11.3 Å². The second-order valence-electron chi connectivity index (χ2n) is 3.14. The summed E-state index contributed by atoms with van der Waals surface area (Å²) < 4.78 is 6.79. The van der Waals surface area contributed by atoms with E-state index in [1.807, 2.05) is 6.07 Å². The van der Waals surface area contributed by atoms with Crippen LogP contribution in [0.3, 0.4) is 0 Å². The molecule has 0 bridgehead atoms. The van der Waals surface area contributed by atoms with Crippen molar-refractivity contribution in [3.63, 3.8) is 0 Å². The molecule has 2 rings (SSSR count). The minimum Gasteiger partial charge on any atom is -0.394 e. The van der Waals surface area contributed by atoms with Crippen LogP contribution in [0.4, 0.5) is 0 Å². The van der Waals surface area contributed by atoms with Gasteiger partial charge in [0.25, 0.3) is 0 Å². The molecular weight excluding hydrogens is 252 g/mol. The van der Waals surface area contributed by atoms with E-state index in [1.165, 1.54) is 4.88 Å². The molecule has 0 radical (unpaired) electrons. The number of halogens is 1. The van der Waals surface area contributed by atoms with Crippen LogP contribution in [0.15, 0.2) is 15.9 Å². The van der Waals surface area contributed by atoms with E-state index in [-0.39, 0.29) is 18.8 Å². The molecule has 1 aliphatic rings. The predicted octanol–water partition coefficient (Wildman–Crippen LogP) is 2.72. The van der Waals surface area contributed by atoms with Crippen molar-refractivity contribution >= 4 is 27.3 Å². The molecule has 1 fully saturated rings. The molecule has 1 saturated heterocycles. The van der Waals surface area contributed by atoms with Crippen molar-refractivity contribution in [3.05, 3.63) is 20.8 Å².